The Hall–Kier alpha value is -2.12. The van der Waals surface area contributed by atoms with E-state index in [0.717, 1.165) is 60.5 Å². The van der Waals surface area contributed by atoms with Crippen LogP contribution in [-0.2, 0) is 13.1 Å². The standard InChI is InChI=1S/C25H29Cl2N5S/c1-17-6-4-5-7-21(17)16-30-10-12-31(13-11-30)25(33)28-24-18(2)29-32(19(24)3)15-20-8-9-22(26)23(27)14-20/h4-9,14H,10-13,15-16H2,1-3H3,(H,28,33). The number of hydrogen-bond acceptors (Lipinski definition) is 3. The minimum absolute atomic E-state index is 0.553. The highest BCUT2D eigenvalue weighted by molar-refractivity contribution is 7.80. The maximum atomic E-state index is 6.17. The van der Waals surface area contributed by atoms with Crippen molar-refractivity contribution >= 4 is 46.2 Å². The molecule has 0 atom stereocenters. The van der Waals surface area contributed by atoms with Gasteiger partial charge in [0.25, 0.3) is 0 Å². The molecule has 3 aromatic rings. The topological polar surface area (TPSA) is 36.3 Å². The van der Waals surface area contributed by atoms with Crippen LogP contribution >= 0.6 is 35.4 Å². The van der Waals surface area contributed by atoms with Gasteiger partial charge >= 0.3 is 0 Å². The Bertz CT molecular complexity index is 1150. The minimum Gasteiger partial charge on any atom is -0.346 e. The zero-order valence-electron chi connectivity index (χ0n) is 19.2. The Balaban J connectivity index is 1.36. The normalized spacial score (nSPS) is 14.5. The fraction of sp³-hybridized carbons (Fsp3) is 0.360. The molecule has 0 bridgehead atoms. The van der Waals surface area contributed by atoms with Gasteiger partial charge in [-0.1, -0.05) is 53.5 Å². The number of aromatic nitrogens is 2. The lowest BCUT2D eigenvalue weighted by molar-refractivity contribution is 0.176. The van der Waals surface area contributed by atoms with Crippen molar-refractivity contribution in [3.8, 4) is 0 Å². The van der Waals surface area contributed by atoms with E-state index in [1.54, 1.807) is 0 Å². The van der Waals surface area contributed by atoms with Crippen LogP contribution in [0.15, 0.2) is 42.5 Å². The maximum absolute atomic E-state index is 6.17. The fourth-order valence-corrected chi connectivity index (χ4v) is 4.77. The van der Waals surface area contributed by atoms with E-state index in [0.29, 0.717) is 16.6 Å². The molecule has 0 saturated carbocycles. The van der Waals surface area contributed by atoms with Crippen LogP contribution in [0.2, 0.25) is 10.0 Å². The SMILES string of the molecule is Cc1ccccc1CN1CCN(C(=S)Nc2c(C)nn(Cc3ccc(Cl)c(Cl)c3)c2C)CC1. The van der Waals surface area contributed by atoms with Gasteiger partial charge in [-0.05, 0) is 61.8 Å². The van der Waals surface area contributed by atoms with Crippen LogP contribution in [0.1, 0.15) is 28.1 Å². The third kappa shape index (κ3) is 5.69. The van der Waals surface area contributed by atoms with Crippen molar-refractivity contribution in [2.75, 3.05) is 31.5 Å². The van der Waals surface area contributed by atoms with Gasteiger partial charge in [-0.15, -0.1) is 0 Å². The maximum Gasteiger partial charge on any atom is 0.173 e. The van der Waals surface area contributed by atoms with E-state index in [4.69, 9.17) is 40.5 Å². The molecule has 0 amide bonds. The number of aryl methyl sites for hydroxylation is 2. The molecule has 1 saturated heterocycles. The van der Waals surface area contributed by atoms with Gasteiger partial charge in [-0.3, -0.25) is 9.58 Å². The summed E-state index contributed by atoms with van der Waals surface area (Å²) in [6.07, 6.45) is 0. The summed E-state index contributed by atoms with van der Waals surface area (Å²) >= 11 is 18.0. The van der Waals surface area contributed by atoms with Crippen molar-refractivity contribution in [1.82, 2.24) is 19.6 Å². The first-order valence-electron chi connectivity index (χ1n) is 11.1. The van der Waals surface area contributed by atoms with Crippen LogP contribution in [0, 0.1) is 20.8 Å². The highest BCUT2D eigenvalue weighted by Gasteiger charge is 2.21. The number of piperazine rings is 1. The molecule has 2 heterocycles. The van der Waals surface area contributed by atoms with Crippen LogP contribution < -0.4 is 5.32 Å². The van der Waals surface area contributed by atoms with E-state index in [1.165, 1.54) is 11.1 Å². The monoisotopic (exact) mass is 501 g/mol. The third-order valence-electron chi connectivity index (χ3n) is 6.24. The van der Waals surface area contributed by atoms with E-state index in [1.807, 2.05) is 29.8 Å². The average Bonchev–Trinajstić information content (AvgIpc) is 3.05. The van der Waals surface area contributed by atoms with Gasteiger partial charge in [0.15, 0.2) is 5.11 Å². The molecule has 1 N–H and O–H groups in total. The van der Waals surface area contributed by atoms with Gasteiger partial charge < -0.3 is 10.2 Å². The highest BCUT2D eigenvalue weighted by Crippen LogP contribution is 2.25. The summed E-state index contributed by atoms with van der Waals surface area (Å²) in [4.78, 5) is 4.74. The predicted octanol–water partition coefficient (Wildman–Crippen LogP) is 5.68. The van der Waals surface area contributed by atoms with Crippen molar-refractivity contribution in [2.24, 2.45) is 0 Å². The molecule has 0 aliphatic carbocycles. The van der Waals surface area contributed by atoms with Crippen molar-refractivity contribution in [3.63, 3.8) is 0 Å². The van der Waals surface area contributed by atoms with Crippen LogP contribution in [0.25, 0.3) is 0 Å². The zero-order chi connectivity index (χ0) is 23.5. The van der Waals surface area contributed by atoms with Crippen LogP contribution in [0.3, 0.4) is 0 Å². The molecular formula is C25H29Cl2N5S. The molecule has 0 unspecified atom stereocenters. The molecular weight excluding hydrogens is 473 g/mol. The highest BCUT2D eigenvalue weighted by atomic mass is 35.5. The Kier molecular flexibility index (Phi) is 7.59. The minimum atomic E-state index is 0.553. The molecule has 1 aliphatic rings. The average molecular weight is 503 g/mol. The summed E-state index contributed by atoms with van der Waals surface area (Å²) in [5.41, 5.74) is 6.73. The predicted molar refractivity (Wildman–Crippen MR) is 142 cm³/mol. The van der Waals surface area contributed by atoms with E-state index < -0.39 is 0 Å². The first kappa shape index (κ1) is 24.0. The van der Waals surface area contributed by atoms with Crippen molar-refractivity contribution in [1.29, 1.82) is 0 Å². The summed E-state index contributed by atoms with van der Waals surface area (Å²) in [7, 11) is 0. The van der Waals surface area contributed by atoms with Crippen molar-refractivity contribution in [2.45, 2.75) is 33.9 Å². The molecule has 1 fully saturated rings. The molecule has 1 aliphatic heterocycles. The summed E-state index contributed by atoms with van der Waals surface area (Å²) < 4.78 is 1.97. The molecule has 5 nitrogen and oxygen atoms in total. The number of halogens is 2. The molecule has 2 aromatic carbocycles. The number of rotatable bonds is 5. The zero-order valence-corrected chi connectivity index (χ0v) is 21.6. The van der Waals surface area contributed by atoms with Gasteiger partial charge in [0.05, 0.1) is 33.7 Å². The molecule has 174 valence electrons. The molecule has 33 heavy (non-hydrogen) atoms. The van der Waals surface area contributed by atoms with Crippen LogP contribution in [0.4, 0.5) is 5.69 Å². The Morgan fingerprint density at radius 1 is 0.970 bits per heavy atom. The molecule has 8 heteroatoms. The molecule has 1 aromatic heterocycles. The second-order valence-corrected chi connectivity index (χ2v) is 9.77. The first-order valence-corrected chi connectivity index (χ1v) is 12.3. The first-order chi connectivity index (χ1) is 15.8. The summed E-state index contributed by atoms with van der Waals surface area (Å²) in [6, 6.07) is 14.3. The van der Waals surface area contributed by atoms with Gasteiger partial charge in [0, 0.05) is 32.7 Å². The smallest absolute Gasteiger partial charge is 0.173 e. The summed E-state index contributed by atoms with van der Waals surface area (Å²) in [5, 5.41) is 10.0. The second-order valence-electron chi connectivity index (χ2n) is 8.57. The Morgan fingerprint density at radius 3 is 2.39 bits per heavy atom. The number of thiocarbonyl (C=S) groups is 1. The lowest BCUT2D eigenvalue weighted by Crippen LogP contribution is -2.49. The summed E-state index contributed by atoms with van der Waals surface area (Å²) in [6.45, 7) is 11.6. The molecule has 0 spiro atoms. The lowest BCUT2D eigenvalue weighted by Gasteiger charge is -2.36. The van der Waals surface area contributed by atoms with Gasteiger partial charge in [-0.25, -0.2) is 0 Å². The second kappa shape index (κ2) is 10.4. The lowest BCUT2D eigenvalue weighted by atomic mass is 10.1. The summed E-state index contributed by atoms with van der Waals surface area (Å²) in [5.74, 6) is 0. The number of anilines is 1. The van der Waals surface area contributed by atoms with Gasteiger partial charge in [0.1, 0.15) is 0 Å². The number of benzene rings is 2. The number of hydrogen-bond donors (Lipinski definition) is 1. The van der Waals surface area contributed by atoms with Gasteiger partial charge in [-0.2, -0.15) is 5.10 Å². The molecule has 0 radical (unpaired) electrons. The van der Waals surface area contributed by atoms with E-state index in [-0.39, 0.29) is 0 Å². The molecule has 4 rings (SSSR count). The van der Waals surface area contributed by atoms with E-state index in [2.05, 4.69) is 53.2 Å². The quantitative estimate of drug-likeness (QED) is 0.455. The number of nitrogens with zero attached hydrogens (tertiary/aromatic N) is 4. The van der Waals surface area contributed by atoms with Gasteiger partial charge in [0.2, 0.25) is 0 Å². The Morgan fingerprint density at radius 2 is 1.70 bits per heavy atom. The van der Waals surface area contributed by atoms with Crippen LogP contribution in [-0.4, -0.2) is 50.9 Å². The van der Waals surface area contributed by atoms with Crippen molar-refractivity contribution in [3.05, 3.63) is 80.6 Å². The largest absolute Gasteiger partial charge is 0.346 e. The van der Waals surface area contributed by atoms with Crippen molar-refractivity contribution < 1.29 is 0 Å². The van der Waals surface area contributed by atoms with E-state index in [9.17, 15) is 0 Å². The number of nitrogens with one attached hydrogen (secondary N) is 1. The van der Waals surface area contributed by atoms with E-state index >= 15 is 0 Å². The third-order valence-corrected chi connectivity index (χ3v) is 7.34. The Labute approximate surface area is 211 Å². The van der Waals surface area contributed by atoms with Crippen LogP contribution in [0.5, 0.6) is 0 Å². The fourth-order valence-electron chi connectivity index (χ4n) is 4.17.